The van der Waals surface area contributed by atoms with E-state index < -0.39 is 0 Å². The number of hydrogen-bond acceptors (Lipinski definition) is 2. The van der Waals surface area contributed by atoms with E-state index in [0.717, 1.165) is 5.57 Å². The lowest BCUT2D eigenvalue weighted by Gasteiger charge is -2.01. The molecule has 0 N–H and O–H groups in total. The Labute approximate surface area is 79.6 Å². The van der Waals surface area contributed by atoms with E-state index in [9.17, 15) is 4.79 Å². The van der Waals surface area contributed by atoms with Gasteiger partial charge in [-0.1, -0.05) is 24.3 Å². The molecule has 0 saturated heterocycles. The van der Waals surface area contributed by atoms with Crippen molar-refractivity contribution in [2.45, 2.75) is 20.8 Å². The van der Waals surface area contributed by atoms with Gasteiger partial charge in [0.15, 0.2) is 0 Å². The first-order valence-corrected chi connectivity index (χ1v) is 4.21. The summed E-state index contributed by atoms with van der Waals surface area (Å²) in [4.78, 5) is 11.2. The van der Waals surface area contributed by atoms with E-state index in [4.69, 9.17) is 4.74 Å². The molecule has 0 radical (unpaired) electrons. The van der Waals surface area contributed by atoms with E-state index in [1.54, 1.807) is 13.0 Å². The van der Waals surface area contributed by atoms with Crippen molar-refractivity contribution in [2.75, 3.05) is 6.61 Å². The number of carbonyl (C=O) groups is 1. The van der Waals surface area contributed by atoms with Crippen LogP contribution in [0.2, 0.25) is 0 Å². The van der Waals surface area contributed by atoms with E-state index in [1.165, 1.54) is 6.08 Å². The number of rotatable bonds is 4. The molecule has 0 aliphatic carbocycles. The fourth-order valence-corrected chi connectivity index (χ4v) is 0.686. The van der Waals surface area contributed by atoms with Crippen molar-refractivity contribution in [1.82, 2.24) is 0 Å². The van der Waals surface area contributed by atoms with Crippen molar-refractivity contribution in [3.8, 4) is 0 Å². The fraction of sp³-hybridized carbons (Fsp3) is 0.364. The van der Waals surface area contributed by atoms with Crippen molar-refractivity contribution < 1.29 is 9.53 Å². The van der Waals surface area contributed by atoms with Crippen molar-refractivity contribution in [2.24, 2.45) is 0 Å². The molecule has 0 aromatic carbocycles. The minimum atomic E-state index is -0.324. The van der Waals surface area contributed by atoms with E-state index in [0.29, 0.717) is 12.2 Å². The predicted molar refractivity (Wildman–Crippen MR) is 54.3 cm³/mol. The summed E-state index contributed by atoms with van der Waals surface area (Å²) in [6.45, 7) is 9.53. The van der Waals surface area contributed by atoms with Gasteiger partial charge in [0.25, 0.3) is 0 Å². The smallest absolute Gasteiger partial charge is 0.338 e. The molecule has 0 unspecified atom stereocenters. The maximum absolute atomic E-state index is 11.2. The molecule has 0 aromatic rings. The van der Waals surface area contributed by atoms with Crippen molar-refractivity contribution in [1.29, 1.82) is 0 Å². The van der Waals surface area contributed by atoms with Gasteiger partial charge in [0.2, 0.25) is 0 Å². The average Bonchev–Trinajstić information content (AvgIpc) is 2.05. The summed E-state index contributed by atoms with van der Waals surface area (Å²) in [6.07, 6.45) is 5.02. The van der Waals surface area contributed by atoms with Crippen LogP contribution < -0.4 is 0 Å². The zero-order valence-corrected chi connectivity index (χ0v) is 8.46. The summed E-state index contributed by atoms with van der Waals surface area (Å²) < 4.78 is 4.94. The maximum Gasteiger partial charge on any atom is 0.338 e. The van der Waals surface area contributed by atoms with Gasteiger partial charge < -0.3 is 4.74 Å². The standard InChI is InChI=1S/C11H16O2/c1-5-10(6-2)11(12)13-8-7-9(3)4/h5-7H,1,8H2,2-4H3. The highest BCUT2D eigenvalue weighted by Gasteiger charge is 2.03. The maximum atomic E-state index is 11.2. The van der Waals surface area contributed by atoms with Crippen molar-refractivity contribution in [3.05, 3.63) is 36.0 Å². The van der Waals surface area contributed by atoms with Gasteiger partial charge in [-0.2, -0.15) is 0 Å². The zero-order chi connectivity index (χ0) is 10.3. The highest BCUT2D eigenvalue weighted by atomic mass is 16.5. The molecule has 0 aromatic heterocycles. The second-order valence-electron chi connectivity index (χ2n) is 2.83. The summed E-state index contributed by atoms with van der Waals surface area (Å²) in [6, 6.07) is 0. The SMILES string of the molecule is C=CC(=CC)C(=O)OCC=C(C)C. The average molecular weight is 180 g/mol. The third kappa shape index (κ3) is 5.01. The Balaban J connectivity index is 4.02. The van der Waals surface area contributed by atoms with Gasteiger partial charge in [-0.15, -0.1) is 0 Å². The topological polar surface area (TPSA) is 26.3 Å². The molecule has 0 heterocycles. The molecule has 2 nitrogen and oxygen atoms in total. The molecule has 0 atom stereocenters. The third-order valence-electron chi connectivity index (χ3n) is 1.47. The number of hydrogen-bond donors (Lipinski definition) is 0. The lowest BCUT2D eigenvalue weighted by atomic mass is 10.2. The number of esters is 1. The monoisotopic (exact) mass is 180 g/mol. The molecule has 0 bridgehead atoms. The molecule has 72 valence electrons. The first kappa shape index (κ1) is 11.7. The number of ether oxygens (including phenoxy) is 1. The van der Waals surface area contributed by atoms with Crippen molar-refractivity contribution in [3.63, 3.8) is 0 Å². The normalized spacial score (nSPS) is 10.5. The van der Waals surface area contributed by atoms with Crippen LogP contribution in [0.4, 0.5) is 0 Å². The highest BCUT2D eigenvalue weighted by molar-refractivity contribution is 5.91. The van der Waals surface area contributed by atoms with Crippen molar-refractivity contribution >= 4 is 5.97 Å². The Morgan fingerprint density at radius 1 is 1.46 bits per heavy atom. The van der Waals surface area contributed by atoms with E-state index >= 15 is 0 Å². The van der Waals surface area contributed by atoms with Gasteiger partial charge in [-0.3, -0.25) is 0 Å². The van der Waals surface area contributed by atoms with Crippen LogP contribution >= 0.6 is 0 Å². The van der Waals surface area contributed by atoms with Crippen LogP contribution in [0.15, 0.2) is 36.0 Å². The third-order valence-corrected chi connectivity index (χ3v) is 1.47. The molecule has 0 fully saturated rings. The van der Waals surface area contributed by atoms with E-state index in [1.807, 2.05) is 19.9 Å². The quantitative estimate of drug-likeness (QED) is 0.288. The zero-order valence-electron chi connectivity index (χ0n) is 8.46. The summed E-state index contributed by atoms with van der Waals surface area (Å²) in [5.74, 6) is -0.324. The van der Waals surface area contributed by atoms with Gasteiger partial charge in [0.05, 0.1) is 5.57 Å². The van der Waals surface area contributed by atoms with Crippen LogP contribution in [0, 0.1) is 0 Å². The van der Waals surface area contributed by atoms with Gasteiger partial charge in [-0.05, 0) is 26.8 Å². The number of carbonyl (C=O) groups excluding carboxylic acids is 1. The minimum Gasteiger partial charge on any atom is -0.458 e. The molecular formula is C11H16O2. The Morgan fingerprint density at radius 2 is 2.08 bits per heavy atom. The van der Waals surface area contributed by atoms with Crippen LogP contribution in [0.1, 0.15) is 20.8 Å². The van der Waals surface area contributed by atoms with Gasteiger partial charge in [0.1, 0.15) is 6.61 Å². The van der Waals surface area contributed by atoms with Crippen LogP contribution in [0.5, 0.6) is 0 Å². The second-order valence-corrected chi connectivity index (χ2v) is 2.83. The molecule has 0 spiro atoms. The fourth-order valence-electron chi connectivity index (χ4n) is 0.686. The molecule has 0 aliphatic rings. The molecular weight excluding hydrogens is 164 g/mol. The van der Waals surface area contributed by atoms with Gasteiger partial charge in [0, 0.05) is 0 Å². The highest BCUT2D eigenvalue weighted by Crippen LogP contribution is 1.99. The summed E-state index contributed by atoms with van der Waals surface area (Å²) in [5, 5.41) is 0. The first-order valence-electron chi connectivity index (χ1n) is 4.21. The van der Waals surface area contributed by atoms with Gasteiger partial charge >= 0.3 is 5.97 Å². The van der Waals surface area contributed by atoms with Gasteiger partial charge in [-0.25, -0.2) is 4.79 Å². The Morgan fingerprint density at radius 3 is 2.46 bits per heavy atom. The number of allylic oxidation sites excluding steroid dienone is 2. The predicted octanol–water partition coefficient (Wildman–Crippen LogP) is 2.63. The Kier molecular flexibility index (Phi) is 5.60. The summed E-state index contributed by atoms with van der Waals surface area (Å²) in [5.41, 5.74) is 1.63. The Bertz CT molecular complexity index is 243. The molecule has 0 amide bonds. The lowest BCUT2D eigenvalue weighted by Crippen LogP contribution is -2.06. The van der Waals surface area contributed by atoms with Crippen LogP contribution in [-0.4, -0.2) is 12.6 Å². The summed E-state index contributed by atoms with van der Waals surface area (Å²) in [7, 11) is 0. The molecule has 0 aliphatic heterocycles. The molecule has 0 saturated carbocycles. The first-order chi connectivity index (χ1) is 6.11. The van der Waals surface area contributed by atoms with E-state index in [2.05, 4.69) is 6.58 Å². The molecule has 13 heavy (non-hydrogen) atoms. The second kappa shape index (κ2) is 6.23. The Hall–Kier alpha value is -1.31. The minimum absolute atomic E-state index is 0.324. The summed E-state index contributed by atoms with van der Waals surface area (Å²) >= 11 is 0. The molecule has 0 rings (SSSR count). The largest absolute Gasteiger partial charge is 0.458 e. The molecule has 2 heteroatoms. The van der Waals surface area contributed by atoms with E-state index in [-0.39, 0.29) is 5.97 Å². The van der Waals surface area contributed by atoms with Crippen LogP contribution in [0.3, 0.4) is 0 Å². The van der Waals surface area contributed by atoms with Crippen LogP contribution in [0.25, 0.3) is 0 Å². The van der Waals surface area contributed by atoms with Crippen LogP contribution in [-0.2, 0) is 9.53 Å². The lowest BCUT2D eigenvalue weighted by molar-refractivity contribution is -0.137.